The fraction of sp³-hybridized carbons (Fsp3) is 0.286. The summed E-state index contributed by atoms with van der Waals surface area (Å²) in [5.41, 5.74) is 6.09. The fourth-order valence-corrected chi connectivity index (χ4v) is 1.81. The zero-order chi connectivity index (χ0) is 15.2. The van der Waals surface area contributed by atoms with E-state index in [2.05, 4.69) is 10.3 Å². The summed E-state index contributed by atoms with van der Waals surface area (Å²) < 4.78 is 20.2. The van der Waals surface area contributed by atoms with E-state index >= 15 is 0 Å². The molecule has 1 heterocycles. The molecule has 0 aliphatic rings. The maximum Gasteiger partial charge on any atom is 0.275 e. The molecular weight excluding hydrogens is 275 g/mol. The van der Waals surface area contributed by atoms with Crippen molar-refractivity contribution in [2.45, 2.75) is 13.5 Å². The van der Waals surface area contributed by atoms with Crippen molar-refractivity contribution in [2.24, 2.45) is 5.73 Å². The van der Waals surface area contributed by atoms with Gasteiger partial charge in [-0.15, -0.1) is 0 Å². The average Bonchev–Trinajstić information content (AvgIpc) is 2.91. The Morgan fingerprint density at radius 3 is 3.05 bits per heavy atom. The predicted molar refractivity (Wildman–Crippen MR) is 76.8 cm³/mol. The van der Waals surface area contributed by atoms with Crippen LogP contribution < -0.4 is 15.8 Å². The number of nitrogens with zero attached hydrogens (tertiary/aromatic N) is 2. The minimum atomic E-state index is -0.427. The summed E-state index contributed by atoms with van der Waals surface area (Å²) in [6.07, 6.45) is 3.14. The van der Waals surface area contributed by atoms with Gasteiger partial charge in [-0.1, -0.05) is 0 Å². The largest absolute Gasteiger partial charge is 0.492 e. The van der Waals surface area contributed by atoms with Gasteiger partial charge in [0.25, 0.3) is 5.91 Å². The third-order valence-electron chi connectivity index (χ3n) is 2.74. The van der Waals surface area contributed by atoms with Gasteiger partial charge in [-0.05, 0) is 19.1 Å². The molecule has 0 spiro atoms. The van der Waals surface area contributed by atoms with Gasteiger partial charge in [-0.3, -0.25) is 4.79 Å². The van der Waals surface area contributed by atoms with E-state index in [9.17, 15) is 9.18 Å². The number of aromatic nitrogens is 2. The van der Waals surface area contributed by atoms with Crippen LogP contribution in [0, 0.1) is 5.82 Å². The van der Waals surface area contributed by atoms with E-state index in [1.165, 1.54) is 24.5 Å². The van der Waals surface area contributed by atoms with Gasteiger partial charge in [-0.2, -0.15) is 0 Å². The summed E-state index contributed by atoms with van der Waals surface area (Å²) in [5, 5.41) is 2.66. The highest BCUT2D eigenvalue weighted by Crippen LogP contribution is 2.25. The Hall–Kier alpha value is -2.41. The van der Waals surface area contributed by atoms with Crippen molar-refractivity contribution in [1.29, 1.82) is 0 Å². The molecule has 3 N–H and O–H groups in total. The molecule has 0 saturated carbocycles. The predicted octanol–water partition coefficient (Wildman–Crippen LogP) is 1.63. The number of nitrogens with two attached hydrogens (primary N) is 1. The zero-order valence-electron chi connectivity index (χ0n) is 11.7. The molecule has 112 valence electrons. The summed E-state index contributed by atoms with van der Waals surface area (Å²) in [4.78, 5) is 16.1. The van der Waals surface area contributed by atoms with Gasteiger partial charge in [0.1, 0.15) is 17.3 Å². The van der Waals surface area contributed by atoms with Crippen LogP contribution in [0.15, 0.2) is 30.7 Å². The third-order valence-corrected chi connectivity index (χ3v) is 2.74. The second-order valence-electron chi connectivity index (χ2n) is 4.31. The molecule has 2 rings (SSSR count). The van der Waals surface area contributed by atoms with Gasteiger partial charge in [0, 0.05) is 25.4 Å². The van der Waals surface area contributed by atoms with Crippen molar-refractivity contribution >= 4 is 11.6 Å². The van der Waals surface area contributed by atoms with Gasteiger partial charge in [0.05, 0.1) is 18.6 Å². The van der Waals surface area contributed by atoms with E-state index in [4.69, 9.17) is 10.5 Å². The maximum atomic E-state index is 13.2. The lowest BCUT2D eigenvalue weighted by molar-refractivity contribution is 0.102. The van der Waals surface area contributed by atoms with Crippen LogP contribution in [0.1, 0.15) is 17.4 Å². The zero-order valence-corrected chi connectivity index (χ0v) is 11.7. The van der Waals surface area contributed by atoms with Gasteiger partial charge < -0.3 is 20.4 Å². The van der Waals surface area contributed by atoms with Gasteiger partial charge in [-0.25, -0.2) is 9.37 Å². The SMILES string of the molecule is CCOc1cc(F)ccc1NC(=O)c1cn(CCN)cn1. The number of hydrogen-bond donors (Lipinski definition) is 2. The Bertz CT molecular complexity index is 627. The van der Waals surface area contributed by atoms with E-state index in [1.807, 2.05) is 0 Å². The number of rotatable bonds is 6. The minimum absolute atomic E-state index is 0.259. The molecule has 1 aromatic heterocycles. The first-order chi connectivity index (χ1) is 10.1. The Balaban J connectivity index is 2.14. The van der Waals surface area contributed by atoms with E-state index < -0.39 is 11.7 Å². The van der Waals surface area contributed by atoms with Crippen molar-refractivity contribution in [1.82, 2.24) is 9.55 Å². The first kappa shape index (κ1) is 15.0. The van der Waals surface area contributed by atoms with Crippen LogP contribution in [0.4, 0.5) is 10.1 Å². The number of carbonyl (C=O) groups excluding carboxylic acids is 1. The highest BCUT2D eigenvalue weighted by molar-refractivity contribution is 6.03. The molecule has 0 aliphatic heterocycles. The van der Waals surface area contributed by atoms with Gasteiger partial charge >= 0.3 is 0 Å². The van der Waals surface area contributed by atoms with Gasteiger partial charge in [0.2, 0.25) is 0 Å². The lowest BCUT2D eigenvalue weighted by Gasteiger charge is -2.10. The van der Waals surface area contributed by atoms with Crippen molar-refractivity contribution in [2.75, 3.05) is 18.5 Å². The first-order valence-electron chi connectivity index (χ1n) is 6.59. The van der Waals surface area contributed by atoms with Crippen molar-refractivity contribution < 1.29 is 13.9 Å². The van der Waals surface area contributed by atoms with E-state index in [-0.39, 0.29) is 11.4 Å². The topological polar surface area (TPSA) is 82.2 Å². The molecular formula is C14H17FN4O2. The number of carbonyl (C=O) groups is 1. The number of nitrogens with one attached hydrogen (secondary N) is 1. The molecule has 0 aliphatic carbocycles. The highest BCUT2D eigenvalue weighted by atomic mass is 19.1. The molecule has 1 aromatic carbocycles. The lowest BCUT2D eigenvalue weighted by atomic mass is 10.2. The third kappa shape index (κ3) is 3.79. The minimum Gasteiger partial charge on any atom is -0.492 e. The van der Waals surface area contributed by atoms with Crippen molar-refractivity contribution in [3.05, 3.63) is 42.2 Å². The normalized spacial score (nSPS) is 10.4. The average molecular weight is 292 g/mol. The Kier molecular flexibility index (Phi) is 4.89. The van der Waals surface area contributed by atoms with E-state index in [0.29, 0.717) is 25.4 Å². The molecule has 0 atom stereocenters. The molecule has 6 nitrogen and oxygen atoms in total. The van der Waals surface area contributed by atoms with Crippen LogP contribution in [0.5, 0.6) is 5.75 Å². The van der Waals surface area contributed by atoms with Crippen LogP contribution in [0.3, 0.4) is 0 Å². The molecule has 7 heteroatoms. The Morgan fingerprint density at radius 2 is 2.33 bits per heavy atom. The maximum absolute atomic E-state index is 13.2. The number of benzene rings is 1. The van der Waals surface area contributed by atoms with Crippen LogP contribution in [-0.2, 0) is 6.54 Å². The number of hydrogen-bond acceptors (Lipinski definition) is 4. The lowest BCUT2D eigenvalue weighted by Crippen LogP contribution is -2.14. The monoisotopic (exact) mass is 292 g/mol. The number of halogens is 1. The van der Waals surface area contributed by atoms with E-state index in [0.717, 1.165) is 0 Å². The second-order valence-corrected chi connectivity index (χ2v) is 4.31. The summed E-state index contributed by atoms with van der Waals surface area (Å²) in [6.45, 7) is 3.20. The molecule has 0 saturated heterocycles. The van der Waals surface area contributed by atoms with Gasteiger partial charge in [0.15, 0.2) is 0 Å². The highest BCUT2D eigenvalue weighted by Gasteiger charge is 2.13. The standard InChI is InChI=1S/C14H17FN4O2/c1-2-21-13-7-10(15)3-4-11(13)18-14(20)12-8-19(6-5-16)9-17-12/h3-4,7-9H,2,5-6,16H2,1H3,(H,18,20). The smallest absolute Gasteiger partial charge is 0.275 e. The number of anilines is 1. The Labute approximate surface area is 121 Å². The number of imidazole rings is 1. The summed E-state index contributed by atoms with van der Waals surface area (Å²) >= 11 is 0. The summed E-state index contributed by atoms with van der Waals surface area (Å²) in [5.74, 6) is -0.533. The van der Waals surface area contributed by atoms with Crippen molar-refractivity contribution in [3.8, 4) is 5.75 Å². The molecule has 1 amide bonds. The van der Waals surface area contributed by atoms with Crippen LogP contribution in [-0.4, -0.2) is 28.6 Å². The first-order valence-corrected chi connectivity index (χ1v) is 6.59. The van der Waals surface area contributed by atoms with Crippen LogP contribution in [0.2, 0.25) is 0 Å². The molecule has 0 bridgehead atoms. The van der Waals surface area contributed by atoms with E-state index in [1.54, 1.807) is 17.7 Å². The summed E-state index contributed by atoms with van der Waals surface area (Å²) in [6, 6.07) is 3.94. The molecule has 2 aromatic rings. The molecule has 0 fully saturated rings. The number of amides is 1. The second kappa shape index (κ2) is 6.85. The molecule has 0 radical (unpaired) electrons. The van der Waals surface area contributed by atoms with Crippen LogP contribution in [0.25, 0.3) is 0 Å². The van der Waals surface area contributed by atoms with Crippen LogP contribution >= 0.6 is 0 Å². The molecule has 0 unspecified atom stereocenters. The fourth-order valence-electron chi connectivity index (χ4n) is 1.81. The quantitative estimate of drug-likeness (QED) is 0.848. The number of ether oxygens (including phenoxy) is 1. The Morgan fingerprint density at radius 1 is 1.52 bits per heavy atom. The summed E-state index contributed by atoms with van der Waals surface area (Å²) in [7, 11) is 0. The molecule has 21 heavy (non-hydrogen) atoms. The van der Waals surface area contributed by atoms with Crippen molar-refractivity contribution in [3.63, 3.8) is 0 Å².